The molecular formula is C15H13N5O. The van der Waals surface area contributed by atoms with Crippen LogP contribution in [0.2, 0.25) is 0 Å². The van der Waals surface area contributed by atoms with Crippen LogP contribution in [0.3, 0.4) is 0 Å². The Morgan fingerprint density at radius 3 is 2.90 bits per heavy atom. The quantitative estimate of drug-likeness (QED) is 0.713. The summed E-state index contributed by atoms with van der Waals surface area (Å²) in [6.07, 6.45) is 3.11. The molecule has 0 spiro atoms. The Labute approximate surface area is 121 Å². The van der Waals surface area contributed by atoms with E-state index < -0.39 is 0 Å². The summed E-state index contributed by atoms with van der Waals surface area (Å²) in [5, 5.41) is 3.65. The second-order valence-electron chi connectivity index (χ2n) is 4.54. The number of nitrogens with zero attached hydrogens (tertiary/aromatic N) is 3. The molecule has 0 aliphatic carbocycles. The molecule has 2 heterocycles. The molecule has 3 aromatic rings. The van der Waals surface area contributed by atoms with Crippen LogP contribution in [0, 0.1) is 0 Å². The van der Waals surface area contributed by atoms with Gasteiger partial charge in [-0.3, -0.25) is 9.78 Å². The lowest BCUT2D eigenvalue weighted by molar-refractivity contribution is -0.115. The third-order valence-electron chi connectivity index (χ3n) is 3.00. The van der Waals surface area contributed by atoms with Crippen molar-refractivity contribution in [3.63, 3.8) is 0 Å². The minimum Gasteiger partial charge on any atom is -0.397 e. The number of aromatic nitrogens is 3. The molecule has 0 saturated carbocycles. The molecule has 6 nitrogen and oxygen atoms in total. The summed E-state index contributed by atoms with van der Waals surface area (Å²) in [5.74, 6) is 0.283. The fourth-order valence-electron chi connectivity index (χ4n) is 2.03. The second kappa shape index (κ2) is 5.54. The number of rotatable bonds is 3. The van der Waals surface area contributed by atoms with Crippen LogP contribution in [0.15, 0.2) is 48.9 Å². The van der Waals surface area contributed by atoms with Crippen molar-refractivity contribution in [2.45, 2.75) is 6.42 Å². The lowest BCUT2D eigenvalue weighted by Crippen LogP contribution is -2.16. The number of hydrogen-bond donors (Lipinski definition) is 2. The smallest absolute Gasteiger partial charge is 0.231 e. The van der Waals surface area contributed by atoms with E-state index in [0.29, 0.717) is 22.7 Å². The van der Waals surface area contributed by atoms with Crippen LogP contribution in [-0.4, -0.2) is 20.9 Å². The minimum atomic E-state index is -0.185. The molecule has 0 radical (unpaired) electrons. The molecule has 0 bridgehead atoms. The maximum Gasteiger partial charge on any atom is 0.231 e. The van der Waals surface area contributed by atoms with E-state index in [9.17, 15) is 4.79 Å². The Morgan fingerprint density at radius 1 is 1.19 bits per heavy atom. The third-order valence-corrected chi connectivity index (χ3v) is 3.00. The van der Waals surface area contributed by atoms with Gasteiger partial charge in [0.15, 0.2) is 0 Å². The van der Waals surface area contributed by atoms with E-state index >= 15 is 0 Å². The van der Waals surface area contributed by atoms with Gasteiger partial charge < -0.3 is 11.1 Å². The molecule has 0 fully saturated rings. The van der Waals surface area contributed by atoms with Gasteiger partial charge in [-0.1, -0.05) is 18.2 Å². The Hall–Kier alpha value is -3.02. The summed E-state index contributed by atoms with van der Waals surface area (Å²) in [6, 6.07) is 11.0. The highest BCUT2D eigenvalue weighted by Gasteiger charge is 2.07. The van der Waals surface area contributed by atoms with Gasteiger partial charge >= 0.3 is 0 Å². The number of anilines is 2. The summed E-state index contributed by atoms with van der Waals surface area (Å²) >= 11 is 0. The SMILES string of the molecule is Nc1cccc2ccc(CC(=O)Nc3ccncn3)nc12. The molecular weight excluding hydrogens is 266 g/mol. The summed E-state index contributed by atoms with van der Waals surface area (Å²) in [6.45, 7) is 0. The van der Waals surface area contributed by atoms with Gasteiger partial charge in [0.2, 0.25) is 5.91 Å². The fourth-order valence-corrected chi connectivity index (χ4v) is 2.03. The standard InChI is InChI=1S/C15H13N5O/c16-12-3-1-2-10-4-5-11(19-15(10)12)8-14(21)20-13-6-7-17-9-18-13/h1-7,9H,8,16H2,(H,17,18,20,21). The molecule has 3 N–H and O–H groups in total. The molecule has 1 aromatic carbocycles. The van der Waals surface area contributed by atoms with Gasteiger partial charge in [0, 0.05) is 11.6 Å². The predicted octanol–water partition coefficient (Wildman–Crippen LogP) is 1.79. The summed E-state index contributed by atoms with van der Waals surface area (Å²) in [7, 11) is 0. The molecule has 104 valence electrons. The van der Waals surface area contributed by atoms with Gasteiger partial charge in [-0.05, 0) is 18.2 Å². The Balaban J connectivity index is 1.78. The van der Waals surface area contributed by atoms with Crippen molar-refractivity contribution in [2.24, 2.45) is 0 Å². The maximum absolute atomic E-state index is 12.0. The van der Waals surface area contributed by atoms with E-state index in [1.165, 1.54) is 6.33 Å². The van der Waals surface area contributed by atoms with E-state index in [1.807, 2.05) is 24.3 Å². The lowest BCUT2D eigenvalue weighted by atomic mass is 10.1. The molecule has 21 heavy (non-hydrogen) atoms. The number of amides is 1. The topological polar surface area (TPSA) is 93.8 Å². The monoisotopic (exact) mass is 279 g/mol. The minimum absolute atomic E-state index is 0.161. The predicted molar refractivity (Wildman–Crippen MR) is 80.5 cm³/mol. The van der Waals surface area contributed by atoms with Crippen molar-refractivity contribution in [1.29, 1.82) is 0 Å². The first kappa shape index (κ1) is 13.0. The number of pyridine rings is 1. The molecule has 6 heteroatoms. The number of hydrogen-bond acceptors (Lipinski definition) is 5. The number of para-hydroxylation sites is 1. The summed E-state index contributed by atoms with van der Waals surface area (Å²) < 4.78 is 0. The van der Waals surface area contributed by atoms with Crippen LogP contribution in [0.5, 0.6) is 0 Å². The van der Waals surface area contributed by atoms with Gasteiger partial charge in [-0.2, -0.15) is 0 Å². The average molecular weight is 279 g/mol. The number of carbonyl (C=O) groups is 1. The van der Waals surface area contributed by atoms with Gasteiger partial charge in [-0.25, -0.2) is 9.97 Å². The fraction of sp³-hybridized carbons (Fsp3) is 0.0667. The molecule has 0 unspecified atom stereocenters. The third kappa shape index (κ3) is 2.94. The van der Waals surface area contributed by atoms with E-state index in [2.05, 4.69) is 20.3 Å². The zero-order chi connectivity index (χ0) is 14.7. The summed E-state index contributed by atoms with van der Waals surface area (Å²) in [5.41, 5.74) is 7.87. The number of nitrogens with two attached hydrogens (primary N) is 1. The maximum atomic E-state index is 12.0. The molecule has 3 rings (SSSR count). The number of fused-ring (bicyclic) bond motifs is 1. The average Bonchev–Trinajstić information content (AvgIpc) is 2.49. The molecule has 0 aliphatic rings. The van der Waals surface area contributed by atoms with Crippen LogP contribution < -0.4 is 11.1 Å². The van der Waals surface area contributed by atoms with Crippen LogP contribution >= 0.6 is 0 Å². The molecule has 0 saturated heterocycles. The van der Waals surface area contributed by atoms with Gasteiger partial charge in [0.1, 0.15) is 12.1 Å². The van der Waals surface area contributed by atoms with Crippen molar-refractivity contribution in [2.75, 3.05) is 11.1 Å². The van der Waals surface area contributed by atoms with Crippen LogP contribution in [0.1, 0.15) is 5.69 Å². The van der Waals surface area contributed by atoms with E-state index in [0.717, 1.165) is 5.39 Å². The lowest BCUT2D eigenvalue weighted by Gasteiger charge is -2.06. The van der Waals surface area contributed by atoms with Gasteiger partial charge in [0.25, 0.3) is 0 Å². The Bertz CT molecular complexity index is 788. The van der Waals surface area contributed by atoms with Gasteiger partial charge in [-0.15, -0.1) is 0 Å². The van der Waals surface area contributed by atoms with Gasteiger partial charge in [0.05, 0.1) is 23.3 Å². The first-order valence-corrected chi connectivity index (χ1v) is 6.42. The van der Waals surface area contributed by atoms with Crippen molar-refractivity contribution in [1.82, 2.24) is 15.0 Å². The Morgan fingerprint density at radius 2 is 2.10 bits per heavy atom. The van der Waals surface area contributed by atoms with Crippen molar-refractivity contribution in [3.8, 4) is 0 Å². The highest BCUT2D eigenvalue weighted by molar-refractivity contribution is 5.92. The normalized spacial score (nSPS) is 10.5. The van der Waals surface area contributed by atoms with E-state index in [1.54, 1.807) is 18.3 Å². The van der Waals surface area contributed by atoms with Crippen LogP contribution in [-0.2, 0) is 11.2 Å². The zero-order valence-corrected chi connectivity index (χ0v) is 11.2. The molecule has 0 aliphatic heterocycles. The molecule has 2 aromatic heterocycles. The number of nitrogens with one attached hydrogen (secondary N) is 1. The summed E-state index contributed by atoms with van der Waals surface area (Å²) in [4.78, 5) is 24.1. The molecule has 1 amide bonds. The van der Waals surface area contributed by atoms with Crippen LogP contribution in [0.4, 0.5) is 11.5 Å². The van der Waals surface area contributed by atoms with E-state index in [-0.39, 0.29) is 12.3 Å². The molecule has 0 atom stereocenters. The number of carbonyl (C=O) groups excluding carboxylic acids is 1. The number of benzene rings is 1. The highest BCUT2D eigenvalue weighted by atomic mass is 16.1. The largest absolute Gasteiger partial charge is 0.397 e. The highest BCUT2D eigenvalue weighted by Crippen LogP contribution is 2.19. The zero-order valence-electron chi connectivity index (χ0n) is 11.2. The Kier molecular flexibility index (Phi) is 3.42. The van der Waals surface area contributed by atoms with Crippen molar-refractivity contribution >= 4 is 28.3 Å². The van der Waals surface area contributed by atoms with Crippen molar-refractivity contribution < 1.29 is 4.79 Å². The first-order valence-electron chi connectivity index (χ1n) is 6.42. The van der Waals surface area contributed by atoms with E-state index in [4.69, 9.17) is 5.73 Å². The van der Waals surface area contributed by atoms with Crippen molar-refractivity contribution in [3.05, 3.63) is 54.6 Å². The number of nitrogen functional groups attached to an aromatic ring is 1. The second-order valence-corrected chi connectivity index (χ2v) is 4.54. The first-order chi connectivity index (χ1) is 10.2. The van der Waals surface area contributed by atoms with Crippen LogP contribution in [0.25, 0.3) is 10.9 Å².